The summed E-state index contributed by atoms with van der Waals surface area (Å²) in [6.45, 7) is 3.45. The van der Waals surface area contributed by atoms with E-state index in [-0.39, 0.29) is 13.1 Å². The minimum absolute atomic E-state index is 0.249. The van der Waals surface area contributed by atoms with Gasteiger partial charge in [-0.15, -0.1) is 0 Å². The lowest BCUT2D eigenvalue weighted by molar-refractivity contribution is 0.0591. The monoisotopic (exact) mass is 471 g/mol. The highest BCUT2D eigenvalue weighted by molar-refractivity contribution is 6.33. The number of ether oxygens (including phenoxy) is 1. The predicted molar refractivity (Wildman–Crippen MR) is 130 cm³/mol. The Morgan fingerprint density at radius 1 is 0.743 bits per heavy atom. The summed E-state index contributed by atoms with van der Waals surface area (Å²) < 4.78 is 5.36. The van der Waals surface area contributed by atoms with Gasteiger partial charge in [-0.3, -0.25) is 29.0 Å². The third kappa shape index (κ3) is 3.57. The quantitative estimate of drug-likeness (QED) is 0.400. The van der Waals surface area contributed by atoms with Crippen LogP contribution < -0.4 is 10.1 Å². The molecule has 0 spiro atoms. The number of amides is 4. The van der Waals surface area contributed by atoms with Crippen LogP contribution in [0.2, 0.25) is 0 Å². The van der Waals surface area contributed by atoms with E-state index in [4.69, 9.17) is 4.74 Å². The van der Waals surface area contributed by atoms with Gasteiger partial charge in [0.05, 0.1) is 7.11 Å². The number of rotatable bonds is 8. The summed E-state index contributed by atoms with van der Waals surface area (Å²) in [5.41, 5.74) is 2.40. The van der Waals surface area contributed by atoms with Crippen LogP contribution in [0.4, 0.5) is 0 Å². The molecule has 35 heavy (non-hydrogen) atoms. The molecule has 178 valence electrons. The third-order valence-electron chi connectivity index (χ3n) is 6.62. The molecule has 0 fully saturated rings. The highest BCUT2D eigenvalue weighted by Crippen LogP contribution is 2.37. The molecule has 3 aromatic rings. The molecule has 2 aliphatic rings. The van der Waals surface area contributed by atoms with Crippen LogP contribution in [-0.2, 0) is 6.54 Å². The van der Waals surface area contributed by atoms with Gasteiger partial charge in [-0.2, -0.15) is 0 Å². The Labute approximate surface area is 202 Å². The predicted octanol–water partition coefficient (Wildman–Crippen LogP) is 3.24. The maximum absolute atomic E-state index is 13.3. The van der Waals surface area contributed by atoms with Crippen molar-refractivity contribution in [3.63, 3.8) is 0 Å². The van der Waals surface area contributed by atoms with E-state index in [0.717, 1.165) is 11.3 Å². The van der Waals surface area contributed by atoms with Crippen molar-refractivity contribution >= 4 is 34.4 Å². The second-order valence-electron chi connectivity index (χ2n) is 8.53. The molecule has 0 aromatic heterocycles. The van der Waals surface area contributed by atoms with Crippen molar-refractivity contribution in [3.8, 4) is 5.75 Å². The van der Waals surface area contributed by atoms with Gasteiger partial charge in [0.15, 0.2) is 0 Å². The van der Waals surface area contributed by atoms with Crippen LogP contribution in [0.15, 0.2) is 48.5 Å². The van der Waals surface area contributed by atoms with Crippen molar-refractivity contribution in [3.05, 3.63) is 76.3 Å². The fourth-order valence-corrected chi connectivity index (χ4v) is 4.90. The first-order chi connectivity index (χ1) is 17.0. The Hall–Kier alpha value is -4.04. The molecule has 0 radical (unpaired) electrons. The summed E-state index contributed by atoms with van der Waals surface area (Å²) in [6.07, 6.45) is 0.573. The van der Waals surface area contributed by atoms with E-state index in [9.17, 15) is 19.2 Å². The molecule has 8 nitrogen and oxygen atoms in total. The molecule has 0 saturated carbocycles. The lowest BCUT2D eigenvalue weighted by Crippen LogP contribution is -2.43. The van der Waals surface area contributed by atoms with E-state index >= 15 is 0 Å². The molecule has 0 saturated heterocycles. The van der Waals surface area contributed by atoms with Gasteiger partial charge in [0.25, 0.3) is 23.6 Å². The van der Waals surface area contributed by atoms with Crippen molar-refractivity contribution < 1.29 is 23.9 Å². The number of hydrogen-bond acceptors (Lipinski definition) is 6. The van der Waals surface area contributed by atoms with Gasteiger partial charge in [-0.25, -0.2) is 0 Å². The number of carbonyl (C=O) groups excluding carboxylic acids is 4. The summed E-state index contributed by atoms with van der Waals surface area (Å²) in [5, 5.41) is 4.13. The third-order valence-corrected chi connectivity index (χ3v) is 6.62. The van der Waals surface area contributed by atoms with Crippen LogP contribution in [0.3, 0.4) is 0 Å². The maximum Gasteiger partial charge on any atom is 0.261 e. The first-order valence-electron chi connectivity index (χ1n) is 11.6. The summed E-state index contributed by atoms with van der Waals surface area (Å²) in [4.78, 5) is 54.7. The van der Waals surface area contributed by atoms with Crippen molar-refractivity contribution in [2.45, 2.75) is 19.9 Å². The molecule has 8 heteroatoms. The van der Waals surface area contributed by atoms with Gasteiger partial charge in [-0.1, -0.05) is 18.2 Å². The molecular formula is C27H25N3O5. The van der Waals surface area contributed by atoms with Crippen LogP contribution in [0.5, 0.6) is 5.75 Å². The molecule has 3 aromatic carbocycles. The van der Waals surface area contributed by atoms with Gasteiger partial charge in [-0.05, 0) is 50.2 Å². The molecule has 2 aliphatic heterocycles. The molecule has 5 rings (SSSR count). The Morgan fingerprint density at radius 3 is 1.77 bits per heavy atom. The van der Waals surface area contributed by atoms with Crippen molar-refractivity contribution in [2.24, 2.45) is 0 Å². The number of hydrogen-bond donors (Lipinski definition) is 1. The lowest BCUT2D eigenvalue weighted by Gasteiger charge is -2.31. The Balaban J connectivity index is 1.35. The van der Waals surface area contributed by atoms with Crippen molar-refractivity contribution in [1.29, 1.82) is 0 Å². The Bertz CT molecular complexity index is 1330. The number of para-hydroxylation sites is 1. The molecule has 0 atom stereocenters. The van der Waals surface area contributed by atoms with Crippen LogP contribution in [-0.4, -0.2) is 60.2 Å². The number of methoxy groups -OCH3 is 1. The van der Waals surface area contributed by atoms with E-state index in [1.54, 1.807) is 38.3 Å². The van der Waals surface area contributed by atoms with Gasteiger partial charge in [0.2, 0.25) is 0 Å². The van der Waals surface area contributed by atoms with Crippen LogP contribution in [0.1, 0.15) is 60.3 Å². The summed E-state index contributed by atoms with van der Waals surface area (Å²) in [5.74, 6) is -0.825. The van der Waals surface area contributed by atoms with E-state index < -0.39 is 23.6 Å². The van der Waals surface area contributed by atoms with Gasteiger partial charge < -0.3 is 10.1 Å². The number of nitrogens with one attached hydrogen (secondary N) is 1. The van der Waals surface area contributed by atoms with Crippen LogP contribution in [0, 0.1) is 0 Å². The molecule has 0 bridgehead atoms. The van der Waals surface area contributed by atoms with E-state index in [1.807, 2.05) is 24.3 Å². The largest absolute Gasteiger partial charge is 0.496 e. The Kier molecular flexibility index (Phi) is 5.82. The highest BCUT2D eigenvalue weighted by atomic mass is 16.5. The SMILES string of the molecule is CCN1C(=O)c2ccc3c4c(ccc(c24)C1=O)C(=O)N(CCCNCc1ccccc1OC)C3=O. The summed E-state index contributed by atoms with van der Waals surface area (Å²) in [7, 11) is 1.63. The normalized spacial score (nSPS) is 14.8. The van der Waals surface area contributed by atoms with E-state index in [1.165, 1.54) is 9.80 Å². The summed E-state index contributed by atoms with van der Waals surface area (Å²) in [6, 6.07) is 14.1. The fraction of sp³-hybridized carbons (Fsp3) is 0.259. The number of nitrogens with zero attached hydrogens (tertiary/aromatic N) is 2. The van der Waals surface area contributed by atoms with Gasteiger partial charge >= 0.3 is 0 Å². The lowest BCUT2D eigenvalue weighted by atomic mass is 9.86. The zero-order valence-corrected chi connectivity index (χ0v) is 19.6. The maximum atomic E-state index is 13.3. The first-order valence-corrected chi connectivity index (χ1v) is 11.6. The number of benzene rings is 3. The van der Waals surface area contributed by atoms with Gasteiger partial charge in [0.1, 0.15) is 5.75 Å². The molecule has 0 unspecified atom stereocenters. The van der Waals surface area contributed by atoms with Gasteiger partial charge in [0, 0.05) is 58.2 Å². The number of carbonyl (C=O) groups is 4. The van der Waals surface area contributed by atoms with E-state index in [0.29, 0.717) is 52.5 Å². The van der Waals surface area contributed by atoms with Crippen molar-refractivity contribution in [2.75, 3.05) is 26.7 Å². The molecular weight excluding hydrogens is 446 g/mol. The average molecular weight is 472 g/mol. The minimum atomic E-state index is -0.409. The van der Waals surface area contributed by atoms with Crippen LogP contribution in [0.25, 0.3) is 10.8 Å². The fourth-order valence-electron chi connectivity index (χ4n) is 4.90. The molecule has 1 N–H and O–H groups in total. The smallest absolute Gasteiger partial charge is 0.261 e. The molecule has 4 amide bonds. The zero-order chi connectivity index (χ0) is 24.7. The zero-order valence-electron chi connectivity index (χ0n) is 19.6. The number of imide groups is 2. The van der Waals surface area contributed by atoms with Crippen molar-refractivity contribution in [1.82, 2.24) is 15.1 Å². The van der Waals surface area contributed by atoms with Crippen LogP contribution >= 0.6 is 0 Å². The second kappa shape index (κ2) is 8.96. The minimum Gasteiger partial charge on any atom is -0.496 e. The molecule has 0 aliphatic carbocycles. The first kappa shape index (κ1) is 22.7. The Morgan fingerprint density at radius 2 is 1.26 bits per heavy atom. The average Bonchev–Trinajstić information content (AvgIpc) is 2.88. The standard InChI is InChI=1S/C27H25N3O5/c1-3-29-24(31)17-9-11-19-23-20(12-10-18(22(17)23)25(29)32)27(34)30(26(19)33)14-6-13-28-15-16-7-4-5-8-21(16)35-2/h4-5,7-12,28H,3,6,13-15H2,1-2H3. The molecule has 2 heterocycles. The topological polar surface area (TPSA) is 96.0 Å². The second-order valence-corrected chi connectivity index (χ2v) is 8.53. The van der Waals surface area contributed by atoms with E-state index in [2.05, 4.69) is 5.32 Å². The summed E-state index contributed by atoms with van der Waals surface area (Å²) >= 11 is 0. The highest BCUT2D eigenvalue weighted by Gasteiger charge is 2.38.